The number of piperazine rings is 1. The minimum absolute atomic E-state index is 0.0159. The number of para-hydroxylation sites is 2. The fraction of sp³-hybridized carbons (Fsp3) is 0.562. The van der Waals surface area contributed by atoms with Gasteiger partial charge in [-0.05, 0) is 32.9 Å². The molecule has 116 valence electrons. The third-order valence-electron chi connectivity index (χ3n) is 3.85. The number of nitrogens with one attached hydrogen (secondary N) is 1. The molecule has 2 atom stereocenters. The molecule has 2 rings (SSSR count). The van der Waals surface area contributed by atoms with Crippen LogP contribution in [0.5, 0.6) is 11.5 Å². The van der Waals surface area contributed by atoms with Crippen molar-refractivity contribution < 1.29 is 14.3 Å². The molecule has 1 aromatic rings. The number of amides is 1. The summed E-state index contributed by atoms with van der Waals surface area (Å²) in [4.78, 5) is 14.2. The Morgan fingerprint density at radius 1 is 1.29 bits per heavy atom. The second-order valence-corrected chi connectivity index (χ2v) is 5.24. The van der Waals surface area contributed by atoms with Crippen LogP contribution in [0.1, 0.15) is 20.8 Å². The molecular formula is C16H24N2O3. The summed E-state index contributed by atoms with van der Waals surface area (Å²) in [5.74, 6) is 1.31. The average molecular weight is 292 g/mol. The van der Waals surface area contributed by atoms with Crippen LogP contribution in [0.25, 0.3) is 0 Å². The number of carbonyl (C=O) groups is 1. The summed E-state index contributed by atoms with van der Waals surface area (Å²) in [6.07, 6.45) is 0. The molecule has 1 aliphatic heterocycles. The molecule has 1 aliphatic rings. The standard InChI is InChI=1S/C16H24N2O3/c1-4-20-14-7-5-6-8-15(14)21-11-16(19)18-10-9-17-12(2)13(18)3/h5-8,12-13,17H,4,9-11H2,1-3H3. The SMILES string of the molecule is CCOc1ccccc1OCC(=O)N1CCNC(C)C1C. The lowest BCUT2D eigenvalue weighted by atomic mass is 10.1. The van der Waals surface area contributed by atoms with Crippen molar-refractivity contribution in [3.8, 4) is 11.5 Å². The molecule has 1 heterocycles. The van der Waals surface area contributed by atoms with E-state index in [0.717, 1.165) is 13.1 Å². The lowest BCUT2D eigenvalue weighted by molar-refractivity contribution is -0.137. The summed E-state index contributed by atoms with van der Waals surface area (Å²) >= 11 is 0. The Morgan fingerprint density at radius 2 is 1.95 bits per heavy atom. The Morgan fingerprint density at radius 3 is 2.62 bits per heavy atom. The molecule has 21 heavy (non-hydrogen) atoms. The van der Waals surface area contributed by atoms with Gasteiger partial charge in [0.1, 0.15) is 0 Å². The summed E-state index contributed by atoms with van der Waals surface area (Å²) in [6, 6.07) is 7.91. The van der Waals surface area contributed by atoms with Crippen LogP contribution in [-0.2, 0) is 4.79 Å². The third-order valence-corrected chi connectivity index (χ3v) is 3.85. The van der Waals surface area contributed by atoms with E-state index in [1.807, 2.05) is 36.1 Å². The zero-order valence-corrected chi connectivity index (χ0v) is 13.0. The molecule has 0 aromatic heterocycles. The number of hydrogen-bond acceptors (Lipinski definition) is 4. The summed E-state index contributed by atoms with van der Waals surface area (Å²) in [6.45, 7) is 8.24. The van der Waals surface area contributed by atoms with E-state index in [1.165, 1.54) is 0 Å². The molecule has 1 fully saturated rings. The largest absolute Gasteiger partial charge is 0.490 e. The number of nitrogens with zero attached hydrogens (tertiary/aromatic N) is 1. The summed E-state index contributed by atoms with van der Waals surface area (Å²) < 4.78 is 11.1. The quantitative estimate of drug-likeness (QED) is 0.897. The van der Waals surface area contributed by atoms with Crippen LogP contribution in [0.15, 0.2) is 24.3 Å². The smallest absolute Gasteiger partial charge is 0.260 e. The normalized spacial score (nSPS) is 22.0. The highest BCUT2D eigenvalue weighted by Crippen LogP contribution is 2.26. The predicted octanol–water partition coefficient (Wildman–Crippen LogP) is 1.67. The minimum Gasteiger partial charge on any atom is -0.490 e. The number of benzene rings is 1. The fourth-order valence-corrected chi connectivity index (χ4v) is 2.48. The first kappa shape index (κ1) is 15.6. The van der Waals surface area contributed by atoms with E-state index in [0.29, 0.717) is 24.1 Å². The van der Waals surface area contributed by atoms with Gasteiger partial charge in [-0.25, -0.2) is 0 Å². The van der Waals surface area contributed by atoms with Crippen LogP contribution < -0.4 is 14.8 Å². The van der Waals surface area contributed by atoms with Gasteiger partial charge in [0.25, 0.3) is 5.91 Å². The van der Waals surface area contributed by atoms with E-state index < -0.39 is 0 Å². The van der Waals surface area contributed by atoms with Crippen LogP contribution in [0.2, 0.25) is 0 Å². The number of hydrogen-bond donors (Lipinski definition) is 1. The number of rotatable bonds is 5. The lowest BCUT2D eigenvalue weighted by Gasteiger charge is -2.38. The zero-order chi connectivity index (χ0) is 15.2. The van der Waals surface area contributed by atoms with Crippen LogP contribution in [0, 0.1) is 0 Å². The monoisotopic (exact) mass is 292 g/mol. The van der Waals surface area contributed by atoms with Gasteiger partial charge in [0, 0.05) is 25.2 Å². The van der Waals surface area contributed by atoms with Gasteiger partial charge >= 0.3 is 0 Å². The lowest BCUT2D eigenvalue weighted by Crippen LogP contribution is -2.58. The molecule has 5 nitrogen and oxygen atoms in total. The van der Waals surface area contributed by atoms with Crippen LogP contribution in [0.4, 0.5) is 0 Å². The molecular weight excluding hydrogens is 268 g/mol. The molecule has 0 aliphatic carbocycles. The molecule has 2 unspecified atom stereocenters. The molecule has 0 saturated carbocycles. The van der Waals surface area contributed by atoms with Crippen LogP contribution in [-0.4, -0.2) is 49.2 Å². The second-order valence-electron chi connectivity index (χ2n) is 5.24. The highest BCUT2D eigenvalue weighted by atomic mass is 16.5. The van der Waals surface area contributed by atoms with Gasteiger partial charge < -0.3 is 19.7 Å². The van der Waals surface area contributed by atoms with Gasteiger partial charge in [0.2, 0.25) is 0 Å². The molecule has 0 spiro atoms. The first-order valence-electron chi connectivity index (χ1n) is 7.51. The highest BCUT2D eigenvalue weighted by Gasteiger charge is 2.28. The van der Waals surface area contributed by atoms with Gasteiger partial charge in [-0.3, -0.25) is 4.79 Å². The molecule has 1 N–H and O–H groups in total. The van der Waals surface area contributed by atoms with E-state index in [2.05, 4.69) is 19.2 Å². The Balaban J connectivity index is 1.95. The fourth-order valence-electron chi connectivity index (χ4n) is 2.48. The van der Waals surface area contributed by atoms with Crippen molar-refractivity contribution >= 4 is 5.91 Å². The summed E-state index contributed by atoms with van der Waals surface area (Å²) in [7, 11) is 0. The Hall–Kier alpha value is -1.75. The Kier molecular flexibility index (Phi) is 5.44. The third kappa shape index (κ3) is 3.88. The molecule has 5 heteroatoms. The first-order chi connectivity index (χ1) is 10.1. The molecule has 0 radical (unpaired) electrons. The van der Waals surface area contributed by atoms with Crippen molar-refractivity contribution in [3.05, 3.63) is 24.3 Å². The van der Waals surface area contributed by atoms with Crippen LogP contribution in [0.3, 0.4) is 0 Å². The van der Waals surface area contributed by atoms with Crippen molar-refractivity contribution in [2.75, 3.05) is 26.3 Å². The second kappa shape index (κ2) is 7.31. The predicted molar refractivity (Wildman–Crippen MR) is 81.7 cm³/mol. The Bertz CT molecular complexity index is 478. The molecule has 1 amide bonds. The molecule has 0 bridgehead atoms. The summed E-state index contributed by atoms with van der Waals surface area (Å²) in [5.41, 5.74) is 0. The van der Waals surface area contributed by atoms with E-state index in [1.54, 1.807) is 0 Å². The maximum Gasteiger partial charge on any atom is 0.260 e. The van der Waals surface area contributed by atoms with E-state index in [4.69, 9.17) is 9.47 Å². The zero-order valence-electron chi connectivity index (χ0n) is 13.0. The maximum absolute atomic E-state index is 12.3. The van der Waals surface area contributed by atoms with Crippen LogP contribution >= 0.6 is 0 Å². The first-order valence-corrected chi connectivity index (χ1v) is 7.51. The van der Waals surface area contributed by atoms with Gasteiger partial charge in [0.15, 0.2) is 18.1 Å². The average Bonchev–Trinajstić information content (AvgIpc) is 2.49. The van der Waals surface area contributed by atoms with Gasteiger partial charge in [0.05, 0.1) is 6.61 Å². The van der Waals surface area contributed by atoms with Gasteiger partial charge in [-0.1, -0.05) is 12.1 Å². The number of carbonyl (C=O) groups excluding carboxylic acids is 1. The summed E-state index contributed by atoms with van der Waals surface area (Å²) in [5, 5.41) is 3.36. The number of ether oxygens (including phenoxy) is 2. The Labute approximate surface area is 126 Å². The van der Waals surface area contributed by atoms with Crippen molar-refractivity contribution in [2.24, 2.45) is 0 Å². The van der Waals surface area contributed by atoms with E-state index >= 15 is 0 Å². The van der Waals surface area contributed by atoms with Crippen molar-refractivity contribution in [2.45, 2.75) is 32.9 Å². The van der Waals surface area contributed by atoms with Crippen molar-refractivity contribution in [1.29, 1.82) is 0 Å². The van der Waals surface area contributed by atoms with Gasteiger partial charge in [-0.15, -0.1) is 0 Å². The molecule has 1 saturated heterocycles. The van der Waals surface area contributed by atoms with Crippen molar-refractivity contribution in [3.63, 3.8) is 0 Å². The van der Waals surface area contributed by atoms with Gasteiger partial charge in [-0.2, -0.15) is 0 Å². The van der Waals surface area contributed by atoms with E-state index in [9.17, 15) is 4.79 Å². The minimum atomic E-state index is 0.0159. The topological polar surface area (TPSA) is 50.8 Å². The van der Waals surface area contributed by atoms with Crippen molar-refractivity contribution in [1.82, 2.24) is 10.2 Å². The highest BCUT2D eigenvalue weighted by molar-refractivity contribution is 5.78. The van der Waals surface area contributed by atoms with E-state index in [-0.39, 0.29) is 18.6 Å². The maximum atomic E-state index is 12.3. The molecule has 1 aromatic carbocycles.